The minimum Gasteiger partial charge on any atom is -0.288 e. The lowest BCUT2D eigenvalue weighted by Crippen LogP contribution is -2.32. The van der Waals surface area contributed by atoms with Crippen LogP contribution in [0, 0.1) is 0 Å². The van der Waals surface area contributed by atoms with Crippen molar-refractivity contribution in [2.75, 3.05) is 0 Å². The van der Waals surface area contributed by atoms with Gasteiger partial charge in [-0.05, 0) is 30.9 Å². The number of unbranched alkanes of at least 4 members (excludes halogenated alkanes) is 2. The minimum atomic E-state index is -3.40. The van der Waals surface area contributed by atoms with Gasteiger partial charge in [0.25, 0.3) is 0 Å². The summed E-state index contributed by atoms with van der Waals surface area (Å²) in [6, 6.07) is 0. The van der Waals surface area contributed by atoms with Crippen molar-refractivity contribution in [3.05, 3.63) is 11.1 Å². The molecule has 0 radical (unpaired) electrons. The van der Waals surface area contributed by atoms with Crippen LogP contribution in [-0.4, -0.2) is 17.1 Å². The van der Waals surface area contributed by atoms with Crippen molar-refractivity contribution in [2.24, 2.45) is 0 Å². The van der Waals surface area contributed by atoms with Gasteiger partial charge in [0.15, 0.2) is 0 Å². The summed E-state index contributed by atoms with van der Waals surface area (Å²) in [6.07, 6.45) is 3.31. The van der Waals surface area contributed by atoms with Crippen molar-refractivity contribution >= 4 is 17.4 Å². The molecule has 1 atom stereocenters. The summed E-state index contributed by atoms with van der Waals surface area (Å²) < 4.78 is 26.4. The molecule has 15 heavy (non-hydrogen) atoms. The molecule has 0 aromatic heterocycles. The zero-order valence-electron chi connectivity index (χ0n) is 8.95. The van der Waals surface area contributed by atoms with Crippen LogP contribution in [0.5, 0.6) is 0 Å². The molecule has 0 aromatic rings. The Balaban J connectivity index is 2.75. The van der Waals surface area contributed by atoms with Crippen molar-refractivity contribution in [1.82, 2.24) is 0 Å². The molecule has 0 aromatic carbocycles. The molecular formula is C11H15ClF2O. The van der Waals surface area contributed by atoms with Crippen molar-refractivity contribution in [1.29, 1.82) is 0 Å². The highest BCUT2D eigenvalue weighted by molar-refractivity contribution is 6.28. The van der Waals surface area contributed by atoms with Crippen LogP contribution in [0.15, 0.2) is 11.1 Å². The van der Waals surface area contributed by atoms with E-state index in [1.165, 1.54) is 6.92 Å². The molecule has 1 nitrogen and oxygen atoms in total. The van der Waals surface area contributed by atoms with Gasteiger partial charge in [0.1, 0.15) is 5.38 Å². The van der Waals surface area contributed by atoms with E-state index in [9.17, 15) is 13.6 Å². The highest BCUT2D eigenvalue weighted by Crippen LogP contribution is 2.42. The summed E-state index contributed by atoms with van der Waals surface area (Å²) in [4.78, 5) is 11.2. The summed E-state index contributed by atoms with van der Waals surface area (Å²) in [5, 5.41) is -1.43. The van der Waals surface area contributed by atoms with Gasteiger partial charge in [-0.25, -0.2) is 0 Å². The average molecular weight is 237 g/mol. The Morgan fingerprint density at radius 2 is 2.00 bits per heavy atom. The largest absolute Gasteiger partial charge is 0.329 e. The Hall–Kier alpha value is -0.440. The maximum absolute atomic E-state index is 13.2. The Bertz CT molecular complexity index is 297. The maximum atomic E-state index is 13.2. The summed E-state index contributed by atoms with van der Waals surface area (Å²) >= 11 is 5.61. The topological polar surface area (TPSA) is 17.1 Å². The van der Waals surface area contributed by atoms with Crippen LogP contribution in [0.4, 0.5) is 8.78 Å². The second-order valence-electron chi connectivity index (χ2n) is 3.92. The van der Waals surface area contributed by atoms with E-state index in [4.69, 9.17) is 11.6 Å². The number of allylic oxidation sites excluding steroid dienone is 2. The molecule has 0 fully saturated rings. The number of hydrogen-bond acceptors (Lipinski definition) is 1. The highest BCUT2D eigenvalue weighted by Gasteiger charge is 2.54. The smallest absolute Gasteiger partial charge is 0.288 e. The van der Waals surface area contributed by atoms with Gasteiger partial charge in [-0.1, -0.05) is 19.8 Å². The van der Waals surface area contributed by atoms with Crippen LogP contribution in [0.1, 0.15) is 39.5 Å². The van der Waals surface area contributed by atoms with Gasteiger partial charge in [-0.15, -0.1) is 11.6 Å². The summed E-state index contributed by atoms with van der Waals surface area (Å²) in [5.74, 6) is -4.50. The predicted octanol–water partition coefficient (Wildman–Crippen LogP) is 3.71. The molecule has 0 N–H and O–H groups in total. The molecule has 1 rings (SSSR count). The van der Waals surface area contributed by atoms with E-state index in [1.807, 2.05) is 6.92 Å². The van der Waals surface area contributed by atoms with E-state index in [0.29, 0.717) is 12.0 Å². The minimum absolute atomic E-state index is 0.163. The summed E-state index contributed by atoms with van der Waals surface area (Å²) in [7, 11) is 0. The normalized spacial score (nSPS) is 25.1. The quantitative estimate of drug-likeness (QED) is 0.537. The van der Waals surface area contributed by atoms with E-state index >= 15 is 0 Å². The van der Waals surface area contributed by atoms with Gasteiger partial charge in [0.2, 0.25) is 5.78 Å². The molecule has 86 valence electrons. The fraction of sp³-hybridized carbons (Fsp3) is 0.727. The molecule has 0 saturated carbocycles. The van der Waals surface area contributed by atoms with Crippen molar-refractivity contribution in [3.63, 3.8) is 0 Å². The lowest BCUT2D eigenvalue weighted by molar-refractivity contribution is -0.135. The van der Waals surface area contributed by atoms with Crippen LogP contribution in [0.25, 0.3) is 0 Å². The van der Waals surface area contributed by atoms with Crippen LogP contribution in [-0.2, 0) is 4.79 Å². The molecule has 0 saturated heterocycles. The van der Waals surface area contributed by atoms with Crippen LogP contribution < -0.4 is 0 Å². The van der Waals surface area contributed by atoms with Gasteiger partial charge in [-0.2, -0.15) is 8.78 Å². The first-order valence-electron chi connectivity index (χ1n) is 5.19. The summed E-state index contributed by atoms with van der Waals surface area (Å²) in [5.41, 5.74) is 0.594. The molecule has 4 heteroatoms. The average Bonchev–Trinajstić information content (AvgIpc) is 2.33. The van der Waals surface area contributed by atoms with Gasteiger partial charge in [0, 0.05) is 0 Å². The first kappa shape index (κ1) is 12.6. The lowest BCUT2D eigenvalue weighted by atomic mass is 10.0. The molecule has 0 amide bonds. The van der Waals surface area contributed by atoms with E-state index in [2.05, 4.69) is 0 Å². The third-order valence-corrected chi connectivity index (χ3v) is 3.34. The molecule has 1 unspecified atom stereocenters. The molecule has 1 aliphatic carbocycles. The fourth-order valence-corrected chi connectivity index (χ4v) is 2.17. The predicted molar refractivity (Wildman–Crippen MR) is 56.4 cm³/mol. The number of rotatable bonds is 4. The second-order valence-corrected chi connectivity index (χ2v) is 4.36. The second kappa shape index (κ2) is 4.60. The number of Topliss-reactive ketones (excluding diaryl/α,β-unsaturated/α-hetero) is 1. The Kier molecular flexibility index (Phi) is 3.87. The van der Waals surface area contributed by atoms with Crippen LogP contribution >= 0.6 is 11.6 Å². The number of ketones is 1. The number of hydrogen-bond donors (Lipinski definition) is 0. The first-order chi connectivity index (χ1) is 6.92. The SMILES string of the molecule is CCCCCC1=C(C)C(=O)C(F)(F)C1Cl. The van der Waals surface area contributed by atoms with E-state index in [1.54, 1.807) is 0 Å². The fourth-order valence-electron chi connectivity index (χ4n) is 1.80. The summed E-state index contributed by atoms with van der Waals surface area (Å²) in [6.45, 7) is 3.48. The van der Waals surface area contributed by atoms with Crippen molar-refractivity contribution in [2.45, 2.75) is 50.8 Å². The van der Waals surface area contributed by atoms with E-state index in [0.717, 1.165) is 19.3 Å². The van der Waals surface area contributed by atoms with Gasteiger partial charge in [0.05, 0.1) is 0 Å². The highest BCUT2D eigenvalue weighted by atomic mass is 35.5. The molecule has 1 aliphatic rings. The molecule has 0 bridgehead atoms. The third kappa shape index (κ3) is 2.22. The molecular weight excluding hydrogens is 222 g/mol. The standard InChI is InChI=1S/C11H15ClF2O/c1-3-4-5-6-8-7(2)10(15)11(13,14)9(8)12/h9H,3-6H2,1-2H3. The Morgan fingerprint density at radius 3 is 2.40 bits per heavy atom. The maximum Gasteiger partial charge on any atom is 0.329 e. The van der Waals surface area contributed by atoms with Crippen LogP contribution in [0.2, 0.25) is 0 Å². The van der Waals surface area contributed by atoms with E-state index in [-0.39, 0.29) is 5.57 Å². The molecule has 0 spiro atoms. The van der Waals surface area contributed by atoms with Crippen molar-refractivity contribution < 1.29 is 13.6 Å². The Labute approximate surface area is 93.5 Å². The molecule has 0 aliphatic heterocycles. The van der Waals surface area contributed by atoms with Gasteiger partial charge < -0.3 is 0 Å². The monoisotopic (exact) mass is 236 g/mol. The Morgan fingerprint density at radius 1 is 1.40 bits per heavy atom. The first-order valence-corrected chi connectivity index (χ1v) is 5.62. The zero-order valence-corrected chi connectivity index (χ0v) is 9.70. The lowest BCUT2D eigenvalue weighted by Gasteiger charge is -2.14. The number of halogens is 3. The van der Waals surface area contributed by atoms with Gasteiger partial charge >= 0.3 is 5.92 Å². The van der Waals surface area contributed by atoms with Crippen molar-refractivity contribution in [3.8, 4) is 0 Å². The van der Waals surface area contributed by atoms with Gasteiger partial charge in [-0.3, -0.25) is 4.79 Å². The number of alkyl halides is 3. The third-order valence-electron chi connectivity index (χ3n) is 2.80. The van der Waals surface area contributed by atoms with E-state index < -0.39 is 17.1 Å². The number of carbonyl (C=O) groups is 1. The number of carbonyl (C=O) groups excluding carboxylic acids is 1. The zero-order chi connectivity index (χ0) is 11.6. The van der Waals surface area contributed by atoms with Crippen LogP contribution in [0.3, 0.4) is 0 Å². The molecule has 0 heterocycles.